The molecule has 118 valence electrons. The smallest absolute Gasteiger partial charge is 0.254 e. The molecule has 1 unspecified atom stereocenters. The molecule has 0 aliphatic carbocycles. The molecule has 2 rings (SSSR count). The second-order valence-corrected chi connectivity index (χ2v) is 6.86. The number of hydrogen-bond acceptors (Lipinski definition) is 3. The van der Waals surface area contributed by atoms with Gasteiger partial charge in [0.25, 0.3) is 5.91 Å². The number of rotatable bonds is 4. The van der Waals surface area contributed by atoms with E-state index in [1.54, 1.807) is 6.20 Å². The van der Waals surface area contributed by atoms with Gasteiger partial charge in [0.1, 0.15) is 0 Å². The van der Waals surface area contributed by atoms with Gasteiger partial charge in [0.15, 0.2) is 0 Å². The van der Waals surface area contributed by atoms with Gasteiger partial charge in [-0.15, -0.1) is 0 Å². The van der Waals surface area contributed by atoms with Gasteiger partial charge in [0.2, 0.25) is 0 Å². The molecule has 1 aromatic rings. The predicted octanol–water partition coefficient (Wildman–Crippen LogP) is 1.93. The van der Waals surface area contributed by atoms with Crippen LogP contribution in [0.2, 0.25) is 0 Å². The molecule has 1 aliphatic heterocycles. The van der Waals surface area contributed by atoms with Crippen LogP contribution < -0.4 is 10.6 Å². The van der Waals surface area contributed by atoms with Crippen LogP contribution in [0.25, 0.3) is 0 Å². The highest BCUT2D eigenvalue weighted by Crippen LogP contribution is 2.19. The van der Waals surface area contributed by atoms with Gasteiger partial charge in [-0.25, -0.2) is 0 Å². The molecule has 1 aromatic heterocycles. The number of amides is 1. The fraction of sp³-hybridized carbons (Fsp3) is 0.750. The van der Waals surface area contributed by atoms with E-state index in [9.17, 15) is 4.79 Å². The van der Waals surface area contributed by atoms with Crippen LogP contribution >= 0.6 is 0 Å². The molecule has 0 aromatic carbocycles. The number of nitrogens with one attached hydrogen (secondary N) is 2. The Kier molecular flexibility index (Phi) is 5.04. The third kappa shape index (κ3) is 3.84. The average Bonchev–Trinajstić information content (AvgIpc) is 2.90. The molecule has 0 bridgehead atoms. The van der Waals surface area contributed by atoms with Crippen LogP contribution in [0.15, 0.2) is 6.20 Å². The zero-order valence-electron chi connectivity index (χ0n) is 13.7. The van der Waals surface area contributed by atoms with Gasteiger partial charge in [-0.1, -0.05) is 6.92 Å². The highest BCUT2D eigenvalue weighted by Gasteiger charge is 2.23. The van der Waals surface area contributed by atoms with Crippen molar-refractivity contribution >= 4 is 5.91 Å². The maximum absolute atomic E-state index is 12.4. The van der Waals surface area contributed by atoms with Gasteiger partial charge < -0.3 is 10.6 Å². The van der Waals surface area contributed by atoms with Crippen molar-refractivity contribution in [2.75, 3.05) is 19.6 Å². The summed E-state index contributed by atoms with van der Waals surface area (Å²) in [5.74, 6) is 0.554. The van der Waals surface area contributed by atoms with Gasteiger partial charge in [-0.2, -0.15) is 5.10 Å². The molecule has 1 amide bonds. The second-order valence-electron chi connectivity index (χ2n) is 6.86. The van der Waals surface area contributed by atoms with E-state index in [0.717, 1.165) is 37.3 Å². The highest BCUT2D eigenvalue weighted by atomic mass is 16.1. The molecule has 5 heteroatoms. The maximum Gasteiger partial charge on any atom is 0.254 e. The number of piperidine rings is 1. The summed E-state index contributed by atoms with van der Waals surface area (Å²) in [6, 6.07) is 0. The average molecular weight is 292 g/mol. The Balaban J connectivity index is 2.03. The van der Waals surface area contributed by atoms with Crippen molar-refractivity contribution in [3.8, 4) is 0 Å². The van der Waals surface area contributed by atoms with Crippen molar-refractivity contribution in [1.29, 1.82) is 0 Å². The summed E-state index contributed by atoms with van der Waals surface area (Å²) in [4.78, 5) is 12.4. The minimum absolute atomic E-state index is 0.00734. The highest BCUT2D eigenvalue weighted by molar-refractivity contribution is 5.95. The number of nitrogens with zero attached hydrogens (tertiary/aromatic N) is 2. The first-order valence-electron chi connectivity index (χ1n) is 7.99. The molecule has 2 N–H and O–H groups in total. The van der Waals surface area contributed by atoms with E-state index in [1.807, 2.05) is 4.68 Å². The topological polar surface area (TPSA) is 59.0 Å². The first kappa shape index (κ1) is 16.0. The minimum atomic E-state index is -0.100. The van der Waals surface area contributed by atoms with Crippen LogP contribution in [0, 0.1) is 5.92 Å². The molecule has 1 saturated heterocycles. The van der Waals surface area contributed by atoms with Gasteiger partial charge in [-0.3, -0.25) is 9.48 Å². The zero-order chi connectivity index (χ0) is 15.5. The monoisotopic (exact) mass is 292 g/mol. The Morgan fingerprint density at radius 2 is 2.29 bits per heavy atom. The number of carbonyl (C=O) groups is 1. The van der Waals surface area contributed by atoms with Crippen LogP contribution in [0.1, 0.15) is 56.6 Å². The van der Waals surface area contributed by atoms with Gasteiger partial charge >= 0.3 is 0 Å². The minimum Gasteiger partial charge on any atom is -0.352 e. The lowest BCUT2D eigenvalue weighted by Crippen LogP contribution is -2.38. The first-order valence-corrected chi connectivity index (χ1v) is 7.99. The molecule has 1 aliphatic rings. The largest absolute Gasteiger partial charge is 0.352 e. The maximum atomic E-state index is 12.4. The van der Waals surface area contributed by atoms with Crippen molar-refractivity contribution in [3.63, 3.8) is 0 Å². The predicted molar refractivity (Wildman–Crippen MR) is 84.5 cm³/mol. The Bertz CT molecular complexity index is 481. The molecule has 1 atom stereocenters. The third-order valence-corrected chi connectivity index (χ3v) is 4.03. The van der Waals surface area contributed by atoms with Crippen LogP contribution in [0.3, 0.4) is 0 Å². The van der Waals surface area contributed by atoms with Crippen molar-refractivity contribution in [2.24, 2.45) is 5.92 Å². The number of hydrogen-bond donors (Lipinski definition) is 2. The Morgan fingerprint density at radius 3 is 2.86 bits per heavy atom. The molecule has 21 heavy (non-hydrogen) atoms. The lowest BCUT2D eigenvalue weighted by Gasteiger charge is -2.23. The second kappa shape index (κ2) is 6.60. The van der Waals surface area contributed by atoms with E-state index in [0.29, 0.717) is 5.92 Å². The van der Waals surface area contributed by atoms with E-state index in [4.69, 9.17) is 0 Å². The van der Waals surface area contributed by atoms with E-state index in [2.05, 4.69) is 43.4 Å². The van der Waals surface area contributed by atoms with Crippen molar-refractivity contribution < 1.29 is 4.79 Å². The molecular weight excluding hydrogens is 264 g/mol. The van der Waals surface area contributed by atoms with E-state index < -0.39 is 0 Å². The normalized spacial score (nSPS) is 19.5. The summed E-state index contributed by atoms with van der Waals surface area (Å²) in [5, 5.41) is 10.9. The molecule has 1 fully saturated rings. The molecule has 0 radical (unpaired) electrons. The molecule has 0 spiro atoms. The van der Waals surface area contributed by atoms with Crippen molar-refractivity contribution in [2.45, 2.75) is 52.5 Å². The van der Waals surface area contributed by atoms with Gasteiger partial charge in [-0.05, 0) is 59.0 Å². The number of carbonyl (C=O) groups excluding carboxylic acids is 1. The van der Waals surface area contributed by atoms with Crippen LogP contribution in [0.4, 0.5) is 0 Å². The van der Waals surface area contributed by atoms with E-state index in [1.165, 1.54) is 12.8 Å². The fourth-order valence-corrected chi connectivity index (χ4v) is 2.91. The summed E-state index contributed by atoms with van der Waals surface area (Å²) < 4.78 is 1.96. The molecule has 2 heterocycles. The van der Waals surface area contributed by atoms with Crippen LogP contribution in [-0.4, -0.2) is 35.3 Å². The molecule has 0 saturated carbocycles. The molecular formula is C16H28N4O. The molecule has 5 nitrogen and oxygen atoms in total. The van der Waals surface area contributed by atoms with E-state index in [-0.39, 0.29) is 11.4 Å². The standard InChI is InChI=1S/C16H28N4O/c1-5-14-13(11-19-20(14)16(2,3)4)15(21)18-10-12-7-6-8-17-9-12/h11-12,17H,5-10H2,1-4H3,(H,18,21). The first-order chi connectivity index (χ1) is 9.93. The summed E-state index contributed by atoms with van der Waals surface area (Å²) in [5.41, 5.74) is 1.63. The quantitative estimate of drug-likeness (QED) is 0.891. The van der Waals surface area contributed by atoms with E-state index >= 15 is 0 Å². The van der Waals surface area contributed by atoms with Crippen LogP contribution in [0.5, 0.6) is 0 Å². The van der Waals surface area contributed by atoms with Crippen molar-refractivity contribution in [1.82, 2.24) is 20.4 Å². The Hall–Kier alpha value is -1.36. The van der Waals surface area contributed by atoms with Crippen LogP contribution in [-0.2, 0) is 12.0 Å². The third-order valence-electron chi connectivity index (χ3n) is 4.03. The lowest BCUT2D eigenvalue weighted by molar-refractivity contribution is 0.0943. The summed E-state index contributed by atoms with van der Waals surface area (Å²) in [6.45, 7) is 11.2. The summed E-state index contributed by atoms with van der Waals surface area (Å²) >= 11 is 0. The van der Waals surface area contributed by atoms with Gasteiger partial charge in [0.05, 0.1) is 23.0 Å². The van der Waals surface area contributed by atoms with Crippen molar-refractivity contribution in [3.05, 3.63) is 17.5 Å². The lowest BCUT2D eigenvalue weighted by atomic mass is 9.99. The SMILES string of the molecule is CCc1c(C(=O)NCC2CCCNC2)cnn1C(C)(C)C. The fourth-order valence-electron chi connectivity index (χ4n) is 2.91. The summed E-state index contributed by atoms with van der Waals surface area (Å²) in [7, 11) is 0. The Labute approximate surface area is 127 Å². The van der Waals surface area contributed by atoms with Gasteiger partial charge in [0, 0.05) is 6.54 Å². The summed E-state index contributed by atoms with van der Waals surface area (Å²) in [6.07, 6.45) is 4.90. The Morgan fingerprint density at radius 1 is 1.52 bits per heavy atom. The number of aromatic nitrogens is 2. The zero-order valence-corrected chi connectivity index (χ0v) is 13.7.